The molecule has 3 heteroatoms. The zero-order valence-electron chi connectivity index (χ0n) is 8.54. The van der Waals surface area contributed by atoms with Crippen LogP contribution in [-0.2, 0) is 0 Å². The topological polar surface area (TPSA) is 43.7 Å². The van der Waals surface area contributed by atoms with Gasteiger partial charge >= 0.3 is 0 Å². The van der Waals surface area contributed by atoms with E-state index >= 15 is 0 Å². The number of likely N-dealkylation sites (N-methyl/N-ethyl adjacent to an activating group) is 1. The molecule has 0 bridgehead atoms. The molecule has 0 aromatic rings. The number of hydrogen-bond donors (Lipinski definition) is 2. The molecule has 0 aliphatic carbocycles. The lowest BCUT2D eigenvalue weighted by atomic mass is 10.0. The Bertz CT molecular complexity index is 120. The molecule has 1 unspecified atom stereocenters. The van der Waals surface area contributed by atoms with E-state index in [0.29, 0.717) is 6.42 Å². The number of nitrogens with zero attached hydrogens (tertiary/aromatic N) is 1. The second-order valence-electron chi connectivity index (χ2n) is 4.13. The van der Waals surface area contributed by atoms with Crippen LogP contribution in [0.4, 0.5) is 0 Å². The molecule has 0 aromatic heterocycles. The van der Waals surface area contributed by atoms with Crippen molar-refractivity contribution in [2.24, 2.45) is 0 Å². The maximum absolute atomic E-state index is 9.04. The number of aliphatic hydroxyl groups is 2. The molecule has 12 heavy (non-hydrogen) atoms. The van der Waals surface area contributed by atoms with Crippen LogP contribution in [-0.4, -0.2) is 47.0 Å². The smallest absolute Gasteiger partial charge is 0.0587 e. The molecule has 0 spiro atoms. The maximum Gasteiger partial charge on any atom is 0.0587 e. The van der Waals surface area contributed by atoms with Crippen LogP contribution in [0.1, 0.15) is 27.2 Å². The minimum atomic E-state index is 0.0442. The van der Waals surface area contributed by atoms with Crippen LogP contribution < -0.4 is 0 Å². The first kappa shape index (κ1) is 11.9. The molecule has 0 saturated carbocycles. The molecule has 0 aromatic carbocycles. The molecule has 74 valence electrons. The van der Waals surface area contributed by atoms with Gasteiger partial charge in [-0.2, -0.15) is 0 Å². The molecule has 0 radical (unpaired) electrons. The van der Waals surface area contributed by atoms with Crippen LogP contribution in [0.15, 0.2) is 0 Å². The van der Waals surface area contributed by atoms with Gasteiger partial charge in [0.25, 0.3) is 0 Å². The van der Waals surface area contributed by atoms with E-state index < -0.39 is 0 Å². The van der Waals surface area contributed by atoms with Gasteiger partial charge in [0.2, 0.25) is 0 Å². The van der Waals surface area contributed by atoms with Crippen molar-refractivity contribution in [2.45, 2.75) is 38.8 Å². The van der Waals surface area contributed by atoms with Gasteiger partial charge in [0, 0.05) is 18.2 Å². The molecule has 0 amide bonds. The number of hydrogen-bond acceptors (Lipinski definition) is 3. The van der Waals surface area contributed by atoms with Crippen LogP contribution in [0.25, 0.3) is 0 Å². The minimum absolute atomic E-state index is 0.0442. The summed E-state index contributed by atoms with van der Waals surface area (Å²) in [6.07, 6.45) is 0.629. The molecule has 3 nitrogen and oxygen atoms in total. The fraction of sp³-hybridized carbons (Fsp3) is 1.00. The Morgan fingerprint density at radius 2 is 1.75 bits per heavy atom. The van der Waals surface area contributed by atoms with Gasteiger partial charge in [-0.15, -0.1) is 0 Å². The van der Waals surface area contributed by atoms with Crippen LogP contribution in [0, 0.1) is 0 Å². The summed E-state index contributed by atoms with van der Waals surface area (Å²) in [6, 6.07) is 0.0648. The van der Waals surface area contributed by atoms with Crippen molar-refractivity contribution >= 4 is 0 Å². The zero-order valence-corrected chi connectivity index (χ0v) is 8.54. The van der Waals surface area contributed by atoms with Gasteiger partial charge < -0.3 is 10.2 Å². The van der Waals surface area contributed by atoms with Crippen LogP contribution in [0.2, 0.25) is 0 Å². The van der Waals surface area contributed by atoms with E-state index in [1.54, 1.807) is 0 Å². The molecule has 0 aliphatic rings. The Balaban J connectivity index is 4.11. The third-order valence-corrected chi connectivity index (χ3v) is 2.28. The summed E-state index contributed by atoms with van der Waals surface area (Å²) in [5, 5.41) is 17.8. The summed E-state index contributed by atoms with van der Waals surface area (Å²) in [7, 11) is 1.97. The average molecular weight is 175 g/mol. The van der Waals surface area contributed by atoms with Crippen molar-refractivity contribution in [3.63, 3.8) is 0 Å². The Labute approximate surface area is 75.0 Å². The molecule has 0 saturated heterocycles. The lowest BCUT2D eigenvalue weighted by molar-refractivity contribution is 0.0564. The van der Waals surface area contributed by atoms with E-state index in [1.165, 1.54) is 0 Å². The maximum atomic E-state index is 9.04. The van der Waals surface area contributed by atoms with E-state index in [9.17, 15) is 0 Å². The van der Waals surface area contributed by atoms with Crippen molar-refractivity contribution in [3.8, 4) is 0 Å². The Morgan fingerprint density at radius 1 is 1.25 bits per heavy atom. The summed E-state index contributed by atoms with van der Waals surface area (Å²) >= 11 is 0. The van der Waals surface area contributed by atoms with E-state index in [0.717, 1.165) is 0 Å². The molecule has 0 heterocycles. The monoisotopic (exact) mass is 175 g/mol. The van der Waals surface area contributed by atoms with E-state index in [2.05, 4.69) is 25.7 Å². The predicted molar refractivity (Wildman–Crippen MR) is 50.1 cm³/mol. The standard InChI is InChI=1S/C9H21NO2/c1-9(2,3)10(4)8(7-12)5-6-11/h8,11-12H,5-7H2,1-4H3. The van der Waals surface area contributed by atoms with Gasteiger partial charge in [0.15, 0.2) is 0 Å². The molecule has 0 rings (SSSR count). The Kier molecular flexibility index (Phi) is 4.75. The van der Waals surface area contributed by atoms with Crippen molar-refractivity contribution in [1.29, 1.82) is 0 Å². The molecule has 1 atom stereocenters. The molecular formula is C9H21NO2. The largest absolute Gasteiger partial charge is 0.396 e. The molecule has 2 N–H and O–H groups in total. The van der Waals surface area contributed by atoms with Crippen LogP contribution >= 0.6 is 0 Å². The summed E-state index contributed by atoms with van der Waals surface area (Å²) in [5.41, 5.74) is 0.0442. The van der Waals surface area contributed by atoms with E-state index in [1.807, 2.05) is 7.05 Å². The van der Waals surface area contributed by atoms with Gasteiger partial charge in [0.05, 0.1) is 6.61 Å². The average Bonchev–Trinajstić information content (AvgIpc) is 1.97. The second-order valence-corrected chi connectivity index (χ2v) is 4.13. The summed E-state index contributed by atoms with van der Waals surface area (Å²) in [6.45, 7) is 6.51. The molecular weight excluding hydrogens is 154 g/mol. The highest BCUT2D eigenvalue weighted by Gasteiger charge is 2.23. The van der Waals surface area contributed by atoms with Crippen molar-refractivity contribution < 1.29 is 10.2 Å². The van der Waals surface area contributed by atoms with Crippen molar-refractivity contribution in [2.75, 3.05) is 20.3 Å². The van der Waals surface area contributed by atoms with Gasteiger partial charge in [-0.25, -0.2) is 0 Å². The SMILES string of the molecule is CN(C(CO)CCO)C(C)(C)C. The fourth-order valence-corrected chi connectivity index (χ4v) is 1.10. The normalized spacial score (nSPS) is 15.2. The number of rotatable bonds is 4. The van der Waals surface area contributed by atoms with E-state index in [4.69, 9.17) is 10.2 Å². The second kappa shape index (κ2) is 4.80. The lowest BCUT2D eigenvalue weighted by Gasteiger charge is -2.37. The summed E-state index contributed by atoms with van der Waals surface area (Å²) in [4.78, 5) is 2.09. The van der Waals surface area contributed by atoms with Crippen LogP contribution in [0.3, 0.4) is 0 Å². The van der Waals surface area contributed by atoms with Gasteiger partial charge in [-0.1, -0.05) is 0 Å². The summed E-state index contributed by atoms with van der Waals surface area (Å²) in [5.74, 6) is 0. The Hall–Kier alpha value is -0.120. The van der Waals surface area contributed by atoms with E-state index in [-0.39, 0.29) is 24.8 Å². The highest BCUT2D eigenvalue weighted by atomic mass is 16.3. The summed E-state index contributed by atoms with van der Waals surface area (Å²) < 4.78 is 0. The van der Waals surface area contributed by atoms with Gasteiger partial charge in [-0.3, -0.25) is 4.90 Å². The van der Waals surface area contributed by atoms with Crippen molar-refractivity contribution in [3.05, 3.63) is 0 Å². The zero-order chi connectivity index (χ0) is 9.78. The van der Waals surface area contributed by atoms with Crippen molar-refractivity contribution in [1.82, 2.24) is 4.90 Å². The van der Waals surface area contributed by atoms with Gasteiger partial charge in [-0.05, 0) is 34.2 Å². The first-order valence-electron chi connectivity index (χ1n) is 4.38. The first-order valence-corrected chi connectivity index (χ1v) is 4.38. The molecule has 0 fully saturated rings. The Morgan fingerprint density at radius 3 is 2.00 bits per heavy atom. The highest BCUT2D eigenvalue weighted by molar-refractivity contribution is 4.79. The minimum Gasteiger partial charge on any atom is -0.396 e. The van der Waals surface area contributed by atoms with Crippen LogP contribution in [0.5, 0.6) is 0 Å². The first-order chi connectivity index (χ1) is 5.43. The number of aliphatic hydroxyl groups excluding tert-OH is 2. The third-order valence-electron chi connectivity index (χ3n) is 2.28. The predicted octanol–water partition coefficient (Wildman–Crippen LogP) is 0.460. The van der Waals surface area contributed by atoms with Gasteiger partial charge in [0.1, 0.15) is 0 Å². The quantitative estimate of drug-likeness (QED) is 0.652. The lowest BCUT2D eigenvalue weighted by Crippen LogP contribution is -2.47. The molecule has 0 aliphatic heterocycles. The highest BCUT2D eigenvalue weighted by Crippen LogP contribution is 2.15. The third kappa shape index (κ3) is 3.52. The fourth-order valence-electron chi connectivity index (χ4n) is 1.10.